The van der Waals surface area contributed by atoms with E-state index in [1.807, 2.05) is 24.6 Å². The minimum Gasteiger partial charge on any atom is -0.268 e. The number of nitrogens with one attached hydrogen (secondary N) is 1. The van der Waals surface area contributed by atoms with Crippen LogP contribution >= 0.6 is 0 Å². The quantitative estimate of drug-likeness (QED) is 0.488. The fourth-order valence-corrected chi connectivity index (χ4v) is 3.92. The summed E-state index contributed by atoms with van der Waals surface area (Å²) in [4.78, 5) is 22.4. The van der Waals surface area contributed by atoms with E-state index in [1.54, 1.807) is 16.8 Å². The zero-order valence-electron chi connectivity index (χ0n) is 15.7. The molecule has 9 nitrogen and oxygen atoms in total. The Morgan fingerprint density at radius 3 is 2.24 bits per heavy atom. The van der Waals surface area contributed by atoms with Crippen molar-refractivity contribution in [3.63, 3.8) is 0 Å². The molecule has 0 unspecified atom stereocenters. The predicted octanol–water partition coefficient (Wildman–Crippen LogP) is 2.66. The summed E-state index contributed by atoms with van der Waals surface area (Å²) in [5.74, 6) is -1.23. The molecule has 0 fully saturated rings. The van der Waals surface area contributed by atoms with Crippen molar-refractivity contribution in [2.24, 2.45) is 0 Å². The number of carbonyl (C=O) groups is 1. The summed E-state index contributed by atoms with van der Waals surface area (Å²) in [7, 11) is -3.97. The molecule has 0 spiro atoms. The monoisotopic (exact) mass is 414 g/mol. The topological polar surface area (TPSA) is 124 Å². The summed E-state index contributed by atoms with van der Waals surface area (Å²) in [6.45, 7) is 3.78. The van der Waals surface area contributed by atoms with Gasteiger partial charge in [0, 0.05) is 23.4 Å². The average Bonchev–Trinajstić information content (AvgIpc) is 2.99. The molecule has 0 aliphatic heterocycles. The van der Waals surface area contributed by atoms with Crippen LogP contribution in [0.3, 0.4) is 0 Å². The van der Waals surface area contributed by atoms with Crippen molar-refractivity contribution in [1.82, 2.24) is 14.5 Å². The second-order valence-corrected chi connectivity index (χ2v) is 8.22. The lowest BCUT2D eigenvalue weighted by Crippen LogP contribution is -2.31. The first kappa shape index (κ1) is 20.2. The van der Waals surface area contributed by atoms with Crippen molar-refractivity contribution < 1.29 is 18.1 Å². The van der Waals surface area contributed by atoms with Crippen molar-refractivity contribution in [2.45, 2.75) is 19.6 Å². The fourth-order valence-electron chi connectivity index (χ4n) is 2.81. The zero-order valence-corrected chi connectivity index (χ0v) is 16.5. The zero-order chi connectivity index (χ0) is 21.2. The molecule has 1 aromatic heterocycles. The Kier molecular flexibility index (Phi) is 5.46. The van der Waals surface area contributed by atoms with Gasteiger partial charge in [-0.05, 0) is 49.7 Å². The van der Waals surface area contributed by atoms with Gasteiger partial charge in [0.2, 0.25) is 10.0 Å². The Bertz CT molecular complexity index is 1170. The SMILES string of the molecule is Cc1cc(C)n(-c2ccc(C(=O)NS(=O)(=O)Cc3ccc([N+](=O)[O-])cc3)cc2)n1. The normalized spacial score (nSPS) is 11.2. The molecule has 0 aliphatic rings. The standard InChI is InChI=1S/C19H18N4O5S/c1-13-11-14(2)22(20-13)17-9-5-16(6-10-17)19(24)21-29(27,28)12-15-3-7-18(8-4-15)23(25)26/h3-11H,12H2,1-2H3,(H,21,24). The van der Waals surface area contributed by atoms with E-state index >= 15 is 0 Å². The van der Waals surface area contributed by atoms with E-state index in [-0.39, 0.29) is 11.3 Å². The molecule has 1 heterocycles. The molecule has 0 atom stereocenters. The summed E-state index contributed by atoms with van der Waals surface area (Å²) in [6.07, 6.45) is 0. The predicted molar refractivity (Wildman–Crippen MR) is 106 cm³/mol. The van der Waals surface area contributed by atoms with Gasteiger partial charge in [0.15, 0.2) is 0 Å². The van der Waals surface area contributed by atoms with Crippen LogP contribution in [0.5, 0.6) is 0 Å². The lowest BCUT2D eigenvalue weighted by Gasteiger charge is -2.08. The molecule has 29 heavy (non-hydrogen) atoms. The molecule has 10 heteroatoms. The Labute approximate surface area is 167 Å². The first-order valence-corrected chi connectivity index (χ1v) is 10.2. The second kappa shape index (κ2) is 7.84. The van der Waals surface area contributed by atoms with Crippen molar-refractivity contribution >= 4 is 21.6 Å². The lowest BCUT2D eigenvalue weighted by atomic mass is 10.2. The third kappa shape index (κ3) is 4.85. The highest BCUT2D eigenvalue weighted by Crippen LogP contribution is 2.15. The molecule has 0 saturated heterocycles. The van der Waals surface area contributed by atoms with Crippen LogP contribution in [0.2, 0.25) is 0 Å². The third-order valence-corrected chi connectivity index (χ3v) is 5.35. The number of carbonyl (C=O) groups excluding carboxylic acids is 1. The number of nitro benzene ring substituents is 1. The third-order valence-electron chi connectivity index (χ3n) is 4.14. The number of nitrogens with zero attached hydrogens (tertiary/aromatic N) is 3. The van der Waals surface area contributed by atoms with Crippen LogP contribution in [0.4, 0.5) is 5.69 Å². The number of aromatic nitrogens is 2. The molecule has 1 amide bonds. The summed E-state index contributed by atoms with van der Waals surface area (Å²) in [6, 6.07) is 13.4. The van der Waals surface area contributed by atoms with E-state index in [0.717, 1.165) is 17.1 Å². The number of hydrogen-bond acceptors (Lipinski definition) is 6. The van der Waals surface area contributed by atoms with Gasteiger partial charge in [-0.25, -0.2) is 17.8 Å². The molecule has 2 aromatic carbocycles. The van der Waals surface area contributed by atoms with Gasteiger partial charge in [0.25, 0.3) is 11.6 Å². The second-order valence-electron chi connectivity index (χ2n) is 6.50. The van der Waals surface area contributed by atoms with Gasteiger partial charge in [-0.2, -0.15) is 5.10 Å². The van der Waals surface area contributed by atoms with E-state index in [0.29, 0.717) is 5.56 Å². The molecule has 0 radical (unpaired) electrons. The van der Waals surface area contributed by atoms with Crippen LogP contribution in [0.25, 0.3) is 5.69 Å². The van der Waals surface area contributed by atoms with Crippen LogP contribution in [0, 0.1) is 24.0 Å². The van der Waals surface area contributed by atoms with Crippen LogP contribution < -0.4 is 4.72 Å². The number of rotatable bonds is 6. The van der Waals surface area contributed by atoms with Gasteiger partial charge in [0.1, 0.15) is 0 Å². The maximum Gasteiger partial charge on any atom is 0.269 e. The summed E-state index contributed by atoms with van der Waals surface area (Å²) in [5, 5.41) is 15.0. The van der Waals surface area contributed by atoms with E-state index < -0.39 is 26.6 Å². The van der Waals surface area contributed by atoms with E-state index in [1.165, 1.54) is 36.4 Å². The van der Waals surface area contributed by atoms with E-state index in [2.05, 4.69) is 5.10 Å². The van der Waals surface area contributed by atoms with E-state index in [9.17, 15) is 23.3 Å². The molecule has 0 bridgehead atoms. The Morgan fingerprint density at radius 2 is 1.72 bits per heavy atom. The van der Waals surface area contributed by atoms with Gasteiger partial charge in [-0.3, -0.25) is 14.9 Å². The van der Waals surface area contributed by atoms with Gasteiger partial charge in [-0.15, -0.1) is 0 Å². The first-order valence-electron chi connectivity index (χ1n) is 8.56. The van der Waals surface area contributed by atoms with E-state index in [4.69, 9.17) is 0 Å². The number of non-ortho nitro benzene ring substituents is 1. The highest BCUT2D eigenvalue weighted by atomic mass is 32.2. The van der Waals surface area contributed by atoms with Crippen LogP contribution in [0.15, 0.2) is 54.6 Å². The molecular weight excluding hydrogens is 396 g/mol. The van der Waals surface area contributed by atoms with Crippen molar-refractivity contribution in [1.29, 1.82) is 0 Å². The highest BCUT2D eigenvalue weighted by molar-refractivity contribution is 7.89. The van der Waals surface area contributed by atoms with Crippen molar-refractivity contribution in [2.75, 3.05) is 0 Å². The van der Waals surface area contributed by atoms with Crippen LogP contribution in [-0.2, 0) is 15.8 Å². The van der Waals surface area contributed by atoms with Gasteiger partial charge in [-0.1, -0.05) is 12.1 Å². The largest absolute Gasteiger partial charge is 0.269 e. The molecule has 3 aromatic rings. The van der Waals surface area contributed by atoms with Gasteiger partial charge in [0.05, 0.1) is 22.1 Å². The van der Waals surface area contributed by atoms with Crippen molar-refractivity contribution in [3.05, 3.63) is 87.2 Å². The number of sulfonamides is 1. The van der Waals surface area contributed by atoms with Gasteiger partial charge < -0.3 is 0 Å². The highest BCUT2D eigenvalue weighted by Gasteiger charge is 2.18. The Hall–Kier alpha value is -3.53. The van der Waals surface area contributed by atoms with Crippen molar-refractivity contribution in [3.8, 4) is 5.69 Å². The summed E-state index contributed by atoms with van der Waals surface area (Å²) >= 11 is 0. The smallest absolute Gasteiger partial charge is 0.268 e. The lowest BCUT2D eigenvalue weighted by molar-refractivity contribution is -0.384. The molecule has 0 aliphatic carbocycles. The Balaban J connectivity index is 1.70. The maximum absolute atomic E-state index is 12.3. The number of nitro groups is 1. The fraction of sp³-hybridized carbons (Fsp3) is 0.158. The average molecular weight is 414 g/mol. The maximum atomic E-state index is 12.3. The molecular formula is C19H18N4O5S. The summed E-state index contributed by atoms with van der Waals surface area (Å²) in [5.41, 5.74) is 2.92. The summed E-state index contributed by atoms with van der Waals surface area (Å²) < 4.78 is 28.3. The number of aryl methyl sites for hydroxylation is 2. The number of hydrogen-bond donors (Lipinski definition) is 1. The van der Waals surface area contributed by atoms with Gasteiger partial charge >= 0.3 is 0 Å². The number of amides is 1. The molecule has 0 saturated carbocycles. The first-order chi connectivity index (χ1) is 13.6. The Morgan fingerprint density at radius 1 is 1.10 bits per heavy atom. The number of benzene rings is 2. The molecule has 1 N–H and O–H groups in total. The molecule has 3 rings (SSSR count). The minimum atomic E-state index is -3.97. The van der Waals surface area contributed by atoms with Crippen LogP contribution in [-0.4, -0.2) is 29.0 Å². The molecule has 150 valence electrons. The minimum absolute atomic E-state index is 0.141. The van der Waals surface area contributed by atoms with Crippen LogP contribution in [0.1, 0.15) is 27.3 Å².